The van der Waals surface area contributed by atoms with Crippen molar-refractivity contribution in [1.82, 2.24) is 34.4 Å². The lowest BCUT2D eigenvalue weighted by Gasteiger charge is -2.42. The van der Waals surface area contributed by atoms with E-state index in [2.05, 4.69) is 30.7 Å². The van der Waals surface area contributed by atoms with Crippen LogP contribution in [0.4, 0.5) is 14.7 Å². The third-order valence-electron chi connectivity index (χ3n) is 7.05. The highest BCUT2D eigenvalue weighted by Gasteiger charge is 2.36. The second-order valence-electron chi connectivity index (χ2n) is 9.21. The zero-order valence-electron chi connectivity index (χ0n) is 20.3. The number of fused-ring (bicyclic) bond motifs is 2. The molecule has 13 heteroatoms. The Morgan fingerprint density at radius 1 is 1.30 bits per heavy atom. The van der Waals surface area contributed by atoms with Crippen molar-refractivity contribution in [3.05, 3.63) is 42.1 Å². The Morgan fingerprint density at radius 3 is 2.84 bits per heavy atom. The molecule has 2 aliphatic rings. The zero-order chi connectivity index (χ0) is 25.7. The minimum Gasteiger partial charge on any atom is -0.479 e. The summed E-state index contributed by atoms with van der Waals surface area (Å²) in [6.07, 6.45) is 3.79. The normalized spacial score (nSPS) is 20.8. The number of pyridine rings is 1. The summed E-state index contributed by atoms with van der Waals surface area (Å²) in [4.78, 5) is 18.8. The van der Waals surface area contributed by atoms with Gasteiger partial charge in [-0.2, -0.15) is 10.1 Å². The van der Waals surface area contributed by atoms with Crippen LogP contribution >= 0.6 is 0 Å². The summed E-state index contributed by atoms with van der Waals surface area (Å²) in [6.45, 7) is 2.33. The summed E-state index contributed by atoms with van der Waals surface area (Å²) in [6, 6.07) is 3.16. The first kappa shape index (κ1) is 23.6. The molecule has 6 rings (SSSR count). The van der Waals surface area contributed by atoms with Crippen molar-refractivity contribution in [2.45, 2.75) is 24.7 Å². The Labute approximate surface area is 210 Å². The van der Waals surface area contributed by atoms with Gasteiger partial charge in [0.05, 0.1) is 61.4 Å². The van der Waals surface area contributed by atoms with Gasteiger partial charge in [-0.3, -0.25) is 9.69 Å². The molecule has 1 amide bonds. The number of methoxy groups -OCH3 is 1. The lowest BCUT2D eigenvalue weighted by Crippen LogP contribution is -2.57. The number of halogens is 2. The molecule has 4 aromatic rings. The first-order valence-corrected chi connectivity index (χ1v) is 12.0. The number of likely N-dealkylation sites (tertiary alicyclic amines) is 1. The van der Waals surface area contributed by atoms with Crippen molar-refractivity contribution >= 4 is 22.9 Å². The maximum absolute atomic E-state index is 15.3. The first-order valence-electron chi connectivity index (χ1n) is 12.0. The predicted molar refractivity (Wildman–Crippen MR) is 130 cm³/mol. The van der Waals surface area contributed by atoms with Crippen molar-refractivity contribution in [2.24, 2.45) is 0 Å². The number of ether oxygens (including phenoxy) is 2. The van der Waals surface area contributed by atoms with E-state index in [9.17, 15) is 9.18 Å². The molecule has 0 saturated carbocycles. The van der Waals surface area contributed by atoms with Gasteiger partial charge in [0, 0.05) is 26.3 Å². The number of nitrogens with zero attached hydrogens (tertiary/aromatic N) is 6. The summed E-state index contributed by atoms with van der Waals surface area (Å²) >= 11 is 0. The minimum absolute atomic E-state index is 0.135. The van der Waals surface area contributed by atoms with Crippen LogP contribution in [-0.2, 0) is 4.74 Å². The maximum atomic E-state index is 15.3. The fourth-order valence-electron chi connectivity index (χ4n) is 4.97. The number of hydrogen-bond donors (Lipinski definition) is 2. The molecule has 11 nitrogen and oxygen atoms in total. The van der Waals surface area contributed by atoms with Gasteiger partial charge >= 0.3 is 0 Å². The Hall–Kier alpha value is -3.84. The van der Waals surface area contributed by atoms with E-state index in [1.807, 2.05) is 0 Å². The fraction of sp³-hybridized carbons (Fsp3) is 0.417. The second kappa shape index (κ2) is 9.23. The highest BCUT2D eigenvalue weighted by atomic mass is 19.1. The molecule has 0 aromatic carbocycles. The number of rotatable bonds is 6. The standard InChI is InChI=1S/C24H26F2N8O3/c1-27-22(35)15-8-28-33-6-3-13(7-19(15)33)20-17(26)10-34-21(20)23(36-2)30-24(31-34)29-18-4-5-32(9-16(18)25)14-11-37-12-14/h3,6-8,10,14,16,18H,4-5,9,11-12H2,1-2H3,(H,27,35)(H,29,31)/t16-,18-/m1/s1. The van der Waals surface area contributed by atoms with E-state index in [0.717, 1.165) is 6.54 Å². The topological polar surface area (TPSA) is 110 Å². The second-order valence-corrected chi connectivity index (χ2v) is 9.21. The number of hydrogen-bond acceptors (Lipinski definition) is 8. The van der Waals surface area contributed by atoms with Crippen LogP contribution in [0.1, 0.15) is 16.8 Å². The lowest BCUT2D eigenvalue weighted by atomic mass is 10.0. The fourth-order valence-corrected chi connectivity index (χ4v) is 4.97. The van der Waals surface area contributed by atoms with Crippen LogP contribution in [0, 0.1) is 5.82 Å². The van der Waals surface area contributed by atoms with E-state index in [4.69, 9.17) is 9.47 Å². The molecule has 37 heavy (non-hydrogen) atoms. The van der Waals surface area contributed by atoms with Gasteiger partial charge in [-0.1, -0.05) is 0 Å². The molecule has 6 heterocycles. The SMILES string of the molecule is CNC(=O)c1cnn2ccc(-c3c(F)cn4nc(N[C@@H]5CCN(C6COC6)C[C@H]5F)nc(OC)c34)cc12. The van der Waals surface area contributed by atoms with Gasteiger partial charge in [0.1, 0.15) is 11.7 Å². The van der Waals surface area contributed by atoms with E-state index in [0.29, 0.717) is 48.3 Å². The quantitative estimate of drug-likeness (QED) is 0.402. The van der Waals surface area contributed by atoms with Crippen molar-refractivity contribution in [3.63, 3.8) is 0 Å². The number of anilines is 1. The summed E-state index contributed by atoms with van der Waals surface area (Å²) < 4.78 is 43.9. The Kier molecular flexibility index (Phi) is 5.88. The zero-order valence-corrected chi connectivity index (χ0v) is 20.3. The summed E-state index contributed by atoms with van der Waals surface area (Å²) in [7, 11) is 2.96. The van der Waals surface area contributed by atoms with E-state index in [1.54, 1.807) is 18.3 Å². The predicted octanol–water partition coefficient (Wildman–Crippen LogP) is 1.77. The largest absolute Gasteiger partial charge is 0.479 e. The number of carbonyl (C=O) groups is 1. The molecule has 0 bridgehead atoms. The Bertz CT molecular complexity index is 1480. The van der Waals surface area contributed by atoms with Gasteiger partial charge in [-0.05, 0) is 24.1 Å². The molecule has 2 N–H and O–H groups in total. The highest BCUT2D eigenvalue weighted by Crippen LogP contribution is 2.35. The lowest BCUT2D eigenvalue weighted by molar-refractivity contribution is -0.0794. The van der Waals surface area contributed by atoms with E-state index >= 15 is 4.39 Å². The molecule has 2 saturated heterocycles. The number of carbonyl (C=O) groups excluding carboxylic acids is 1. The number of amides is 1. The number of nitrogens with one attached hydrogen (secondary N) is 2. The molecule has 0 aliphatic carbocycles. The number of alkyl halides is 1. The molecular formula is C24H26F2N8O3. The van der Waals surface area contributed by atoms with Crippen LogP contribution < -0.4 is 15.4 Å². The van der Waals surface area contributed by atoms with Crippen LogP contribution in [0.15, 0.2) is 30.7 Å². The summed E-state index contributed by atoms with van der Waals surface area (Å²) in [5.41, 5.74) is 1.90. The van der Waals surface area contributed by atoms with Crippen molar-refractivity contribution in [3.8, 4) is 17.0 Å². The number of aromatic nitrogens is 5. The average Bonchev–Trinajstić information content (AvgIpc) is 3.43. The third-order valence-corrected chi connectivity index (χ3v) is 7.05. The molecule has 2 atom stereocenters. The van der Waals surface area contributed by atoms with Gasteiger partial charge in [-0.15, -0.1) is 5.10 Å². The van der Waals surface area contributed by atoms with Gasteiger partial charge in [0.25, 0.3) is 5.91 Å². The van der Waals surface area contributed by atoms with Crippen LogP contribution in [0.5, 0.6) is 5.88 Å². The minimum atomic E-state index is -1.12. The van der Waals surface area contributed by atoms with E-state index in [-0.39, 0.29) is 29.3 Å². The van der Waals surface area contributed by atoms with Crippen LogP contribution in [-0.4, -0.2) is 93.7 Å². The van der Waals surface area contributed by atoms with Crippen molar-refractivity contribution < 1.29 is 23.0 Å². The Morgan fingerprint density at radius 2 is 2.14 bits per heavy atom. The molecular weight excluding hydrogens is 486 g/mol. The molecule has 0 spiro atoms. The monoisotopic (exact) mass is 512 g/mol. The molecule has 2 aliphatic heterocycles. The van der Waals surface area contributed by atoms with Gasteiger partial charge in [-0.25, -0.2) is 17.8 Å². The highest BCUT2D eigenvalue weighted by molar-refractivity contribution is 6.01. The Balaban J connectivity index is 1.33. The van der Waals surface area contributed by atoms with E-state index in [1.165, 1.54) is 35.6 Å². The van der Waals surface area contributed by atoms with Crippen molar-refractivity contribution in [2.75, 3.05) is 45.8 Å². The van der Waals surface area contributed by atoms with Gasteiger partial charge in [0.15, 0.2) is 5.82 Å². The first-order chi connectivity index (χ1) is 18.0. The average molecular weight is 513 g/mol. The molecule has 4 aromatic heterocycles. The maximum Gasteiger partial charge on any atom is 0.254 e. The molecule has 2 fully saturated rings. The van der Waals surface area contributed by atoms with Crippen LogP contribution in [0.3, 0.4) is 0 Å². The molecule has 0 radical (unpaired) electrons. The van der Waals surface area contributed by atoms with Crippen LogP contribution in [0.25, 0.3) is 22.2 Å². The van der Waals surface area contributed by atoms with Crippen molar-refractivity contribution in [1.29, 1.82) is 0 Å². The van der Waals surface area contributed by atoms with Gasteiger partial charge < -0.3 is 20.1 Å². The van der Waals surface area contributed by atoms with E-state index < -0.39 is 18.0 Å². The molecule has 194 valence electrons. The summed E-state index contributed by atoms with van der Waals surface area (Å²) in [5.74, 6) is -0.568. The third kappa shape index (κ3) is 4.03. The van der Waals surface area contributed by atoms with Gasteiger partial charge in [0.2, 0.25) is 11.8 Å². The smallest absolute Gasteiger partial charge is 0.254 e. The number of piperidine rings is 1. The molecule has 0 unspecified atom stereocenters. The summed E-state index contributed by atoms with van der Waals surface area (Å²) in [5, 5.41) is 14.2. The van der Waals surface area contributed by atoms with Crippen LogP contribution in [0.2, 0.25) is 0 Å².